The zero-order chi connectivity index (χ0) is 7.56. The Morgan fingerprint density at radius 2 is 2.10 bits per heavy atom. The fourth-order valence-electron chi connectivity index (χ4n) is 0.547. The molecule has 1 aliphatic carbocycles. The molecule has 0 spiro atoms. The molecule has 1 aliphatic rings. The molecule has 0 aromatic heterocycles. The molecule has 1 N–H and O–H groups in total. The molecule has 0 amide bonds. The number of hydrogen-bond acceptors (Lipinski definition) is 4. The van der Waals surface area contributed by atoms with Crippen molar-refractivity contribution in [1.82, 2.24) is 0 Å². The maximum atomic E-state index is 10.6. The van der Waals surface area contributed by atoms with Crippen molar-refractivity contribution in [3.8, 4) is 0 Å². The van der Waals surface area contributed by atoms with Crippen LogP contribution in [0, 0.1) is 5.92 Å². The zero-order valence-corrected chi connectivity index (χ0v) is 5.37. The number of rotatable bonds is 2. The van der Waals surface area contributed by atoms with Crippen molar-refractivity contribution in [2.75, 3.05) is 6.61 Å². The molecule has 0 aliphatic heterocycles. The zero-order valence-electron chi connectivity index (χ0n) is 5.37. The van der Waals surface area contributed by atoms with Crippen LogP contribution in [0.3, 0.4) is 0 Å². The van der Waals surface area contributed by atoms with E-state index in [0.717, 1.165) is 12.8 Å². The Bertz CT molecular complexity index is 159. The quantitative estimate of drug-likeness (QED) is 0.417. The Kier molecular flexibility index (Phi) is 2.01. The topological polar surface area (TPSA) is 63.6 Å². The molecule has 4 nitrogen and oxygen atoms in total. The summed E-state index contributed by atoms with van der Waals surface area (Å²) in [5.74, 6) is -1.45. The van der Waals surface area contributed by atoms with Gasteiger partial charge in [0.2, 0.25) is 0 Å². The summed E-state index contributed by atoms with van der Waals surface area (Å²) in [6.07, 6.45) is 1.61. The van der Waals surface area contributed by atoms with Gasteiger partial charge in [-0.05, 0) is 12.8 Å². The number of carbonyl (C=O) groups excluding carboxylic acids is 2. The highest BCUT2D eigenvalue weighted by molar-refractivity contribution is 5.88. The van der Waals surface area contributed by atoms with Gasteiger partial charge in [0.15, 0.2) is 0 Å². The van der Waals surface area contributed by atoms with Gasteiger partial charge in [-0.25, -0.2) is 4.79 Å². The molecule has 1 rings (SSSR count). The number of hydrogen-bond donors (Lipinski definition) is 1. The summed E-state index contributed by atoms with van der Waals surface area (Å²) in [4.78, 5) is 20.9. The smallest absolute Gasteiger partial charge is 0.339 e. The molecule has 1 fully saturated rings. The summed E-state index contributed by atoms with van der Waals surface area (Å²) >= 11 is 0. The van der Waals surface area contributed by atoms with Crippen LogP contribution in [0.5, 0.6) is 0 Å². The number of aliphatic hydroxyl groups excluding tert-OH is 1. The minimum atomic E-state index is -0.864. The summed E-state index contributed by atoms with van der Waals surface area (Å²) in [6.45, 7) is -0.724. The molecule has 0 heterocycles. The largest absolute Gasteiger partial charge is 0.391 e. The Balaban J connectivity index is 2.23. The average Bonchev–Trinajstić information content (AvgIpc) is 2.68. The lowest BCUT2D eigenvalue weighted by Crippen LogP contribution is -2.16. The number of ether oxygens (including phenoxy) is 1. The normalized spacial score (nSPS) is 16.5. The maximum Gasteiger partial charge on any atom is 0.339 e. The van der Waals surface area contributed by atoms with E-state index in [-0.39, 0.29) is 5.92 Å². The van der Waals surface area contributed by atoms with Gasteiger partial charge in [-0.1, -0.05) is 0 Å². The van der Waals surface area contributed by atoms with Crippen LogP contribution >= 0.6 is 0 Å². The summed E-state index contributed by atoms with van der Waals surface area (Å²) in [5.41, 5.74) is 0. The lowest BCUT2D eigenvalue weighted by molar-refractivity contribution is -0.162. The van der Waals surface area contributed by atoms with Gasteiger partial charge in [-0.15, -0.1) is 0 Å². The highest BCUT2D eigenvalue weighted by Crippen LogP contribution is 2.29. The molecule has 1 saturated carbocycles. The standard InChI is InChI=1S/C6H8O4/c7-3-5(8)10-6(9)4-1-2-4/h4,7H,1-3H2. The van der Waals surface area contributed by atoms with E-state index in [1.807, 2.05) is 0 Å². The maximum absolute atomic E-state index is 10.6. The van der Waals surface area contributed by atoms with E-state index in [4.69, 9.17) is 5.11 Å². The predicted molar refractivity (Wildman–Crippen MR) is 30.9 cm³/mol. The van der Waals surface area contributed by atoms with E-state index >= 15 is 0 Å². The second kappa shape index (κ2) is 2.79. The molecule has 0 aromatic carbocycles. The van der Waals surface area contributed by atoms with Gasteiger partial charge in [0.25, 0.3) is 0 Å². The van der Waals surface area contributed by atoms with Crippen LogP contribution in [0.2, 0.25) is 0 Å². The Hall–Kier alpha value is -0.900. The highest BCUT2D eigenvalue weighted by atomic mass is 16.6. The average molecular weight is 144 g/mol. The van der Waals surface area contributed by atoms with Crippen LogP contribution in [-0.2, 0) is 14.3 Å². The van der Waals surface area contributed by atoms with Crippen molar-refractivity contribution in [1.29, 1.82) is 0 Å². The number of esters is 2. The molecule has 0 bridgehead atoms. The van der Waals surface area contributed by atoms with Crippen LogP contribution in [0.25, 0.3) is 0 Å². The summed E-state index contributed by atoms with van der Waals surface area (Å²) < 4.78 is 4.20. The highest BCUT2D eigenvalue weighted by Gasteiger charge is 2.32. The second-order valence-corrected chi connectivity index (χ2v) is 2.23. The van der Waals surface area contributed by atoms with Crippen molar-refractivity contribution in [2.24, 2.45) is 5.92 Å². The minimum Gasteiger partial charge on any atom is -0.391 e. The van der Waals surface area contributed by atoms with Gasteiger partial charge in [-0.2, -0.15) is 0 Å². The van der Waals surface area contributed by atoms with Crippen molar-refractivity contribution >= 4 is 11.9 Å². The minimum absolute atomic E-state index is 0.0875. The van der Waals surface area contributed by atoms with E-state index in [1.54, 1.807) is 0 Å². The Morgan fingerprint density at radius 1 is 1.50 bits per heavy atom. The molecule has 56 valence electrons. The van der Waals surface area contributed by atoms with Gasteiger partial charge in [0.05, 0.1) is 5.92 Å². The van der Waals surface area contributed by atoms with Crippen LogP contribution in [0.4, 0.5) is 0 Å². The van der Waals surface area contributed by atoms with Gasteiger partial charge < -0.3 is 9.84 Å². The lowest BCUT2D eigenvalue weighted by Gasteiger charge is -1.96. The number of aliphatic hydroxyl groups is 1. The van der Waals surface area contributed by atoms with Gasteiger partial charge in [-0.3, -0.25) is 4.79 Å². The number of carbonyl (C=O) groups is 2. The monoisotopic (exact) mass is 144 g/mol. The molecular weight excluding hydrogens is 136 g/mol. The molecule has 10 heavy (non-hydrogen) atoms. The summed E-state index contributed by atoms with van der Waals surface area (Å²) in [7, 11) is 0. The van der Waals surface area contributed by atoms with Crippen LogP contribution in [0.15, 0.2) is 0 Å². The molecule has 0 radical (unpaired) electrons. The third-order valence-electron chi connectivity index (χ3n) is 1.25. The van der Waals surface area contributed by atoms with Crippen LogP contribution < -0.4 is 0 Å². The molecule has 0 atom stereocenters. The van der Waals surface area contributed by atoms with Crippen molar-refractivity contribution in [2.45, 2.75) is 12.8 Å². The van der Waals surface area contributed by atoms with Crippen LogP contribution in [0.1, 0.15) is 12.8 Å². The first kappa shape index (κ1) is 7.21. The predicted octanol–water partition coefficient (Wildman–Crippen LogP) is -0.542. The van der Waals surface area contributed by atoms with Gasteiger partial charge >= 0.3 is 11.9 Å². The van der Waals surface area contributed by atoms with Crippen molar-refractivity contribution in [3.63, 3.8) is 0 Å². The van der Waals surface area contributed by atoms with Gasteiger partial charge in [0, 0.05) is 0 Å². The first-order valence-electron chi connectivity index (χ1n) is 3.09. The Labute approximate surface area is 57.8 Å². The Morgan fingerprint density at radius 3 is 2.50 bits per heavy atom. The molecule has 0 saturated heterocycles. The first-order valence-corrected chi connectivity index (χ1v) is 3.09. The second-order valence-electron chi connectivity index (χ2n) is 2.23. The van der Waals surface area contributed by atoms with Crippen LogP contribution in [-0.4, -0.2) is 23.7 Å². The van der Waals surface area contributed by atoms with E-state index in [2.05, 4.69) is 4.74 Å². The van der Waals surface area contributed by atoms with E-state index in [9.17, 15) is 9.59 Å². The molecule has 0 aromatic rings. The summed E-state index contributed by atoms with van der Waals surface area (Å²) in [6, 6.07) is 0. The fourth-order valence-corrected chi connectivity index (χ4v) is 0.547. The van der Waals surface area contributed by atoms with E-state index < -0.39 is 18.5 Å². The SMILES string of the molecule is O=C(CO)OC(=O)C1CC1. The first-order chi connectivity index (χ1) is 4.74. The van der Waals surface area contributed by atoms with Crippen molar-refractivity contribution < 1.29 is 19.4 Å². The third-order valence-corrected chi connectivity index (χ3v) is 1.25. The molecular formula is C6H8O4. The molecule has 4 heteroatoms. The third kappa shape index (κ3) is 1.80. The van der Waals surface area contributed by atoms with Gasteiger partial charge in [0.1, 0.15) is 6.61 Å². The van der Waals surface area contributed by atoms with Crippen molar-refractivity contribution in [3.05, 3.63) is 0 Å². The lowest BCUT2D eigenvalue weighted by atomic mass is 10.4. The van der Waals surface area contributed by atoms with E-state index in [0.29, 0.717) is 0 Å². The summed E-state index contributed by atoms with van der Waals surface area (Å²) in [5, 5.41) is 8.16. The molecule has 0 unspecified atom stereocenters. The van der Waals surface area contributed by atoms with E-state index in [1.165, 1.54) is 0 Å². The fraction of sp³-hybridized carbons (Fsp3) is 0.667.